The minimum absolute atomic E-state index is 0.0460. The van der Waals surface area contributed by atoms with Gasteiger partial charge in [0.15, 0.2) is 23.1 Å². The molecule has 0 aliphatic carbocycles. The zero-order valence-corrected chi connectivity index (χ0v) is 23.3. The van der Waals surface area contributed by atoms with Crippen molar-refractivity contribution in [3.63, 3.8) is 0 Å². The van der Waals surface area contributed by atoms with Gasteiger partial charge in [0.25, 0.3) is 0 Å². The summed E-state index contributed by atoms with van der Waals surface area (Å²) in [5.74, 6) is 2.53. The maximum absolute atomic E-state index is 14.5. The molecule has 2 aromatic carbocycles. The number of halogens is 1. The second kappa shape index (κ2) is 12.4. The zero-order valence-electron chi connectivity index (χ0n) is 23.3. The smallest absolute Gasteiger partial charge is 0.236 e. The lowest BCUT2D eigenvalue weighted by atomic mass is 10.1. The first-order chi connectivity index (χ1) is 20.6. The third-order valence-corrected chi connectivity index (χ3v) is 7.49. The first kappa shape index (κ1) is 27.5. The minimum Gasteiger partial charge on any atom is -0.494 e. The van der Waals surface area contributed by atoms with E-state index in [1.807, 2.05) is 30.3 Å². The minimum atomic E-state index is -0.403. The Bertz CT molecular complexity index is 1530. The second-order valence-electron chi connectivity index (χ2n) is 10.2. The molecule has 1 N–H and O–H groups in total. The molecule has 1 fully saturated rings. The number of ether oxygens (including phenoxy) is 3. The molecule has 0 radical (unpaired) electrons. The number of piperazine rings is 1. The van der Waals surface area contributed by atoms with E-state index in [1.165, 1.54) is 13.2 Å². The Labute approximate surface area is 242 Å². The predicted octanol–water partition coefficient (Wildman–Crippen LogP) is 2.98. The largest absolute Gasteiger partial charge is 0.494 e. The maximum Gasteiger partial charge on any atom is 0.236 e. The van der Waals surface area contributed by atoms with Gasteiger partial charge >= 0.3 is 0 Å². The van der Waals surface area contributed by atoms with Gasteiger partial charge in [-0.15, -0.1) is 0 Å². The van der Waals surface area contributed by atoms with E-state index in [0.29, 0.717) is 45.1 Å². The van der Waals surface area contributed by atoms with Gasteiger partial charge < -0.3 is 24.4 Å². The van der Waals surface area contributed by atoms with Crippen molar-refractivity contribution in [1.82, 2.24) is 29.7 Å². The molecule has 4 heterocycles. The molecule has 0 spiro atoms. The molecule has 1 amide bonds. The quantitative estimate of drug-likeness (QED) is 0.306. The molecule has 42 heavy (non-hydrogen) atoms. The van der Waals surface area contributed by atoms with Gasteiger partial charge in [0.2, 0.25) is 18.6 Å². The molecule has 0 saturated carbocycles. The van der Waals surface area contributed by atoms with Crippen LogP contribution in [0.4, 0.5) is 10.2 Å². The van der Waals surface area contributed by atoms with Crippen molar-refractivity contribution in [2.24, 2.45) is 0 Å². The van der Waals surface area contributed by atoms with Crippen molar-refractivity contribution in [3.05, 3.63) is 84.3 Å². The van der Waals surface area contributed by atoms with Crippen molar-refractivity contribution < 1.29 is 23.4 Å². The van der Waals surface area contributed by atoms with E-state index < -0.39 is 5.82 Å². The standard InChI is InChI=1S/C30H32FN7O4/c1-40-25-4-3-22(14-24(25)31)17-36-12-13-37(28-7-9-34-30(35-28)38-11-10-32-19-38)18-23(36)16-29(39)33-8-6-21-2-5-26-27(15-21)42-20-41-26/h2-5,7,9-11,14-15,19,23H,6,8,12-13,16-18,20H2,1H3,(H,33,39). The number of amides is 1. The number of methoxy groups -OCH3 is 1. The Balaban J connectivity index is 1.13. The van der Waals surface area contributed by atoms with Gasteiger partial charge in [-0.3, -0.25) is 14.3 Å². The van der Waals surface area contributed by atoms with Crippen molar-refractivity contribution in [3.8, 4) is 23.2 Å². The average molecular weight is 574 g/mol. The van der Waals surface area contributed by atoms with Gasteiger partial charge in [-0.25, -0.2) is 14.4 Å². The van der Waals surface area contributed by atoms with Gasteiger partial charge in [0.1, 0.15) is 12.1 Å². The van der Waals surface area contributed by atoms with Crippen LogP contribution >= 0.6 is 0 Å². The van der Waals surface area contributed by atoms with Gasteiger partial charge in [-0.2, -0.15) is 4.98 Å². The summed E-state index contributed by atoms with van der Waals surface area (Å²) < 4.78 is 32.1. The van der Waals surface area contributed by atoms with Crippen molar-refractivity contribution in [2.45, 2.75) is 25.4 Å². The number of hydrogen-bond donors (Lipinski definition) is 1. The van der Waals surface area contributed by atoms with Crippen molar-refractivity contribution in [1.29, 1.82) is 0 Å². The summed E-state index contributed by atoms with van der Waals surface area (Å²) in [6.45, 7) is 3.18. The number of benzene rings is 2. The van der Waals surface area contributed by atoms with E-state index >= 15 is 0 Å². The molecule has 218 valence electrons. The zero-order chi connectivity index (χ0) is 28.9. The highest BCUT2D eigenvalue weighted by Crippen LogP contribution is 2.32. The molecule has 1 atom stereocenters. The molecule has 6 rings (SSSR count). The monoisotopic (exact) mass is 573 g/mol. The number of fused-ring (bicyclic) bond motifs is 1. The number of carbonyl (C=O) groups excluding carboxylic acids is 1. The highest BCUT2D eigenvalue weighted by molar-refractivity contribution is 5.76. The number of carbonyl (C=O) groups is 1. The number of imidazole rings is 1. The van der Waals surface area contributed by atoms with Crippen LogP contribution in [0.1, 0.15) is 17.5 Å². The highest BCUT2D eigenvalue weighted by atomic mass is 19.1. The fraction of sp³-hybridized carbons (Fsp3) is 0.333. The molecule has 11 nitrogen and oxygen atoms in total. The molecule has 0 bridgehead atoms. The Morgan fingerprint density at radius 2 is 1.98 bits per heavy atom. The molecule has 2 aromatic heterocycles. The molecule has 1 saturated heterocycles. The molecular weight excluding hydrogens is 541 g/mol. The van der Waals surface area contributed by atoms with E-state index in [-0.39, 0.29) is 30.9 Å². The maximum atomic E-state index is 14.5. The van der Waals surface area contributed by atoms with Crippen LogP contribution in [-0.2, 0) is 17.8 Å². The van der Waals surface area contributed by atoms with E-state index in [1.54, 1.807) is 35.6 Å². The van der Waals surface area contributed by atoms with Gasteiger partial charge in [-0.1, -0.05) is 12.1 Å². The van der Waals surface area contributed by atoms with Crippen LogP contribution in [0.15, 0.2) is 67.4 Å². The summed E-state index contributed by atoms with van der Waals surface area (Å²) >= 11 is 0. The molecule has 2 aliphatic rings. The number of rotatable bonds is 10. The van der Waals surface area contributed by atoms with Crippen LogP contribution in [0, 0.1) is 5.82 Å². The second-order valence-corrected chi connectivity index (χ2v) is 10.2. The fourth-order valence-electron chi connectivity index (χ4n) is 5.29. The molecule has 12 heteroatoms. The normalized spacial score (nSPS) is 16.4. The summed E-state index contributed by atoms with van der Waals surface area (Å²) in [4.78, 5) is 30.7. The van der Waals surface area contributed by atoms with E-state index in [9.17, 15) is 9.18 Å². The summed E-state index contributed by atoms with van der Waals surface area (Å²) in [6, 6.07) is 12.6. The average Bonchev–Trinajstić information content (AvgIpc) is 3.71. The number of aromatic nitrogens is 4. The van der Waals surface area contributed by atoms with E-state index in [0.717, 1.165) is 28.4 Å². The van der Waals surface area contributed by atoms with Crippen molar-refractivity contribution in [2.75, 3.05) is 45.0 Å². The lowest BCUT2D eigenvalue weighted by Gasteiger charge is -2.42. The number of hydrogen-bond acceptors (Lipinski definition) is 9. The number of nitrogens with one attached hydrogen (secondary N) is 1. The van der Waals surface area contributed by atoms with Gasteiger partial charge in [-0.05, 0) is 47.9 Å². The summed E-state index contributed by atoms with van der Waals surface area (Å²) in [6.07, 6.45) is 7.81. The Morgan fingerprint density at radius 3 is 2.81 bits per heavy atom. The molecular formula is C30H32FN7O4. The number of anilines is 1. The van der Waals surface area contributed by atoms with Gasteiger partial charge in [0.05, 0.1) is 7.11 Å². The van der Waals surface area contributed by atoms with Crippen LogP contribution in [-0.4, -0.2) is 76.4 Å². The Kier molecular flexibility index (Phi) is 8.13. The first-order valence-electron chi connectivity index (χ1n) is 13.8. The molecule has 2 aliphatic heterocycles. The van der Waals surface area contributed by atoms with Crippen LogP contribution in [0.25, 0.3) is 5.95 Å². The molecule has 1 unspecified atom stereocenters. The van der Waals surface area contributed by atoms with Crippen LogP contribution in [0.2, 0.25) is 0 Å². The van der Waals surface area contributed by atoms with Crippen LogP contribution < -0.4 is 24.4 Å². The fourth-order valence-corrected chi connectivity index (χ4v) is 5.29. The Hall–Kier alpha value is -4.71. The van der Waals surface area contributed by atoms with Crippen molar-refractivity contribution >= 4 is 11.7 Å². The first-order valence-corrected chi connectivity index (χ1v) is 13.8. The predicted molar refractivity (Wildman–Crippen MR) is 152 cm³/mol. The highest BCUT2D eigenvalue weighted by Gasteiger charge is 2.30. The SMILES string of the molecule is COc1ccc(CN2CCN(c3ccnc(-n4ccnc4)n3)CC2CC(=O)NCCc2ccc3c(c2)OCO3)cc1F. The Morgan fingerprint density at radius 1 is 1.10 bits per heavy atom. The van der Waals surface area contributed by atoms with E-state index in [4.69, 9.17) is 19.2 Å². The summed E-state index contributed by atoms with van der Waals surface area (Å²) in [7, 11) is 1.45. The third-order valence-electron chi connectivity index (χ3n) is 7.49. The topological polar surface area (TPSA) is 107 Å². The lowest BCUT2D eigenvalue weighted by molar-refractivity contribution is -0.122. The summed E-state index contributed by atoms with van der Waals surface area (Å²) in [5, 5.41) is 3.07. The third kappa shape index (κ3) is 6.28. The number of nitrogens with zero attached hydrogens (tertiary/aromatic N) is 6. The van der Waals surface area contributed by atoms with E-state index in [2.05, 4.69) is 25.1 Å². The lowest BCUT2D eigenvalue weighted by Crippen LogP contribution is -2.54. The van der Waals surface area contributed by atoms with Crippen LogP contribution in [0.3, 0.4) is 0 Å². The van der Waals surface area contributed by atoms with Crippen LogP contribution in [0.5, 0.6) is 17.2 Å². The van der Waals surface area contributed by atoms with Gasteiger partial charge in [0, 0.05) is 63.8 Å². The summed E-state index contributed by atoms with van der Waals surface area (Å²) in [5.41, 5.74) is 1.88. The molecule has 4 aromatic rings.